The van der Waals surface area contributed by atoms with Crippen molar-refractivity contribution in [3.63, 3.8) is 0 Å². The zero-order valence-corrected chi connectivity index (χ0v) is 8.15. The van der Waals surface area contributed by atoms with Gasteiger partial charge in [-0.25, -0.2) is 0 Å². The molecule has 1 aromatic carbocycles. The SMILES string of the molecule is C/C=C(/O)c1cc(C)ccc1OC=O. The lowest BCUT2D eigenvalue weighted by molar-refractivity contribution is -0.120. The summed E-state index contributed by atoms with van der Waals surface area (Å²) in [4.78, 5) is 10.2. The molecule has 74 valence electrons. The van der Waals surface area contributed by atoms with E-state index in [9.17, 15) is 9.90 Å². The number of aliphatic hydroxyl groups excluding tert-OH is 1. The van der Waals surface area contributed by atoms with Crippen LogP contribution in [0, 0.1) is 6.92 Å². The molecule has 0 heterocycles. The van der Waals surface area contributed by atoms with Crippen LogP contribution in [0.2, 0.25) is 0 Å². The van der Waals surface area contributed by atoms with E-state index in [1.807, 2.05) is 13.0 Å². The van der Waals surface area contributed by atoms with Crippen molar-refractivity contribution in [3.05, 3.63) is 35.4 Å². The zero-order chi connectivity index (χ0) is 10.6. The van der Waals surface area contributed by atoms with E-state index >= 15 is 0 Å². The van der Waals surface area contributed by atoms with E-state index in [-0.39, 0.29) is 5.76 Å². The molecule has 0 fully saturated rings. The number of rotatable bonds is 3. The molecular weight excluding hydrogens is 180 g/mol. The van der Waals surface area contributed by atoms with Crippen LogP contribution >= 0.6 is 0 Å². The second kappa shape index (κ2) is 4.46. The number of allylic oxidation sites excluding steroid dienone is 1. The summed E-state index contributed by atoms with van der Waals surface area (Å²) in [7, 11) is 0. The highest BCUT2D eigenvalue weighted by Crippen LogP contribution is 2.25. The van der Waals surface area contributed by atoms with Gasteiger partial charge in [0.1, 0.15) is 11.5 Å². The first-order chi connectivity index (χ1) is 6.69. The van der Waals surface area contributed by atoms with Crippen LogP contribution in [0.3, 0.4) is 0 Å². The molecule has 1 N–H and O–H groups in total. The average molecular weight is 192 g/mol. The molecule has 0 aliphatic rings. The van der Waals surface area contributed by atoms with E-state index in [1.54, 1.807) is 25.1 Å². The first-order valence-electron chi connectivity index (χ1n) is 4.25. The highest BCUT2D eigenvalue weighted by molar-refractivity contribution is 5.67. The predicted octanol–water partition coefficient (Wildman–Crippen LogP) is 2.45. The second-order valence-corrected chi connectivity index (χ2v) is 2.89. The minimum absolute atomic E-state index is 0.102. The summed E-state index contributed by atoms with van der Waals surface area (Å²) < 4.78 is 4.73. The van der Waals surface area contributed by atoms with Gasteiger partial charge < -0.3 is 9.84 Å². The van der Waals surface area contributed by atoms with Gasteiger partial charge in [-0.3, -0.25) is 4.79 Å². The van der Waals surface area contributed by atoms with Gasteiger partial charge in [0, 0.05) is 0 Å². The smallest absolute Gasteiger partial charge is 0.298 e. The lowest BCUT2D eigenvalue weighted by Crippen LogP contribution is -1.94. The summed E-state index contributed by atoms with van der Waals surface area (Å²) in [6.07, 6.45) is 1.55. The van der Waals surface area contributed by atoms with E-state index < -0.39 is 0 Å². The van der Waals surface area contributed by atoms with Gasteiger partial charge in [0.15, 0.2) is 0 Å². The largest absolute Gasteiger partial charge is 0.508 e. The van der Waals surface area contributed by atoms with Gasteiger partial charge in [-0.05, 0) is 32.1 Å². The van der Waals surface area contributed by atoms with E-state index in [0.717, 1.165) is 5.56 Å². The highest BCUT2D eigenvalue weighted by Gasteiger charge is 2.07. The third-order valence-corrected chi connectivity index (χ3v) is 1.86. The Balaban J connectivity index is 3.22. The Morgan fingerprint density at radius 1 is 1.50 bits per heavy atom. The lowest BCUT2D eigenvalue weighted by atomic mass is 10.1. The molecular formula is C11H12O3. The Hall–Kier alpha value is -1.77. The number of aryl methyl sites for hydroxylation is 1. The van der Waals surface area contributed by atoms with Crippen LogP contribution < -0.4 is 4.74 Å². The van der Waals surface area contributed by atoms with Crippen LogP contribution in [0.5, 0.6) is 5.75 Å². The van der Waals surface area contributed by atoms with Crippen LogP contribution in [0.1, 0.15) is 18.1 Å². The fourth-order valence-electron chi connectivity index (χ4n) is 1.15. The van der Waals surface area contributed by atoms with E-state index in [0.29, 0.717) is 17.8 Å². The Kier molecular flexibility index (Phi) is 3.29. The molecule has 3 nitrogen and oxygen atoms in total. The topological polar surface area (TPSA) is 46.5 Å². The van der Waals surface area contributed by atoms with Gasteiger partial charge >= 0.3 is 0 Å². The number of carbonyl (C=O) groups excluding carboxylic acids is 1. The maximum absolute atomic E-state index is 10.2. The molecule has 0 spiro atoms. The van der Waals surface area contributed by atoms with Gasteiger partial charge in [-0.2, -0.15) is 0 Å². The molecule has 1 aromatic rings. The monoisotopic (exact) mass is 192 g/mol. The van der Waals surface area contributed by atoms with Crippen molar-refractivity contribution in [2.75, 3.05) is 0 Å². The quantitative estimate of drug-likeness (QED) is 0.591. The van der Waals surface area contributed by atoms with Crippen molar-refractivity contribution in [1.82, 2.24) is 0 Å². The summed E-state index contributed by atoms with van der Waals surface area (Å²) >= 11 is 0. The van der Waals surface area contributed by atoms with E-state index in [2.05, 4.69) is 0 Å². The Bertz CT molecular complexity index is 367. The third-order valence-electron chi connectivity index (χ3n) is 1.86. The fourth-order valence-corrected chi connectivity index (χ4v) is 1.15. The van der Waals surface area contributed by atoms with Crippen LogP contribution in [0.25, 0.3) is 5.76 Å². The van der Waals surface area contributed by atoms with Gasteiger partial charge in [-0.15, -0.1) is 0 Å². The fraction of sp³-hybridized carbons (Fsp3) is 0.182. The predicted molar refractivity (Wildman–Crippen MR) is 54.2 cm³/mol. The molecule has 1 rings (SSSR count). The zero-order valence-electron chi connectivity index (χ0n) is 8.15. The number of carbonyl (C=O) groups is 1. The van der Waals surface area contributed by atoms with Crippen LogP contribution in [-0.4, -0.2) is 11.6 Å². The summed E-state index contributed by atoms with van der Waals surface area (Å²) in [5.41, 5.74) is 1.52. The third kappa shape index (κ3) is 2.13. The molecule has 0 radical (unpaired) electrons. The maximum Gasteiger partial charge on any atom is 0.298 e. The van der Waals surface area contributed by atoms with Crippen LogP contribution in [0.15, 0.2) is 24.3 Å². The average Bonchev–Trinajstić information content (AvgIpc) is 2.20. The number of benzene rings is 1. The van der Waals surface area contributed by atoms with Crippen molar-refractivity contribution in [2.24, 2.45) is 0 Å². The minimum atomic E-state index is 0.102. The molecule has 0 bridgehead atoms. The molecule has 0 saturated heterocycles. The van der Waals surface area contributed by atoms with Crippen molar-refractivity contribution in [1.29, 1.82) is 0 Å². The highest BCUT2D eigenvalue weighted by atomic mass is 16.5. The van der Waals surface area contributed by atoms with Crippen molar-refractivity contribution in [2.45, 2.75) is 13.8 Å². The van der Waals surface area contributed by atoms with Crippen LogP contribution in [0.4, 0.5) is 0 Å². The molecule has 0 saturated carbocycles. The van der Waals surface area contributed by atoms with Gasteiger partial charge in [0.2, 0.25) is 0 Å². The maximum atomic E-state index is 10.2. The van der Waals surface area contributed by atoms with E-state index in [1.165, 1.54) is 0 Å². The molecule has 14 heavy (non-hydrogen) atoms. The van der Waals surface area contributed by atoms with Gasteiger partial charge in [-0.1, -0.05) is 11.6 Å². The molecule has 0 aliphatic carbocycles. The number of hydrogen-bond acceptors (Lipinski definition) is 3. The summed E-state index contributed by atoms with van der Waals surface area (Å²) in [6.45, 7) is 3.95. The molecule has 0 aliphatic heterocycles. The first kappa shape index (κ1) is 10.3. The van der Waals surface area contributed by atoms with Crippen molar-refractivity contribution < 1.29 is 14.6 Å². The molecule has 0 atom stereocenters. The second-order valence-electron chi connectivity index (χ2n) is 2.89. The van der Waals surface area contributed by atoms with Crippen molar-refractivity contribution >= 4 is 12.2 Å². The van der Waals surface area contributed by atoms with E-state index in [4.69, 9.17) is 4.74 Å². The number of ether oxygens (including phenoxy) is 1. The normalized spacial score (nSPS) is 11.1. The van der Waals surface area contributed by atoms with Crippen LogP contribution in [-0.2, 0) is 4.79 Å². The Labute approximate surface area is 82.6 Å². The molecule has 0 amide bonds. The molecule has 0 aromatic heterocycles. The van der Waals surface area contributed by atoms with Gasteiger partial charge in [0.05, 0.1) is 5.56 Å². The Morgan fingerprint density at radius 3 is 2.79 bits per heavy atom. The minimum Gasteiger partial charge on any atom is -0.508 e. The van der Waals surface area contributed by atoms with Crippen molar-refractivity contribution in [3.8, 4) is 5.75 Å². The lowest BCUT2D eigenvalue weighted by Gasteiger charge is -2.07. The Morgan fingerprint density at radius 2 is 2.21 bits per heavy atom. The molecule has 3 heteroatoms. The number of aliphatic hydroxyl groups is 1. The summed E-state index contributed by atoms with van der Waals surface area (Å²) in [5, 5.41) is 9.53. The number of hydrogen-bond donors (Lipinski definition) is 1. The first-order valence-corrected chi connectivity index (χ1v) is 4.25. The van der Waals surface area contributed by atoms with Gasteiger partial charge in [0.25, 0.3) is 6.47 Å². The molecule has 0 unspecified atom stereocenters. The summed E-state index contributed by atoms with van der Waals surface area (Å²) in [6, 6.07) is 5.22. The summed E-state index contributed by atoms with van der Waals surface area (Å²) in [5.74, 6) is 0.465. The standard InChI is InChI=1S/C11H12O3/c1-3-10(13)9-6-8(2)4-5-11(9)14-7-12/h3-7,13H,1-2H3/b10-3+.